The van der Waals surface area contributed by atoms with Crippen LogP contribution in [0.1, 0.15) is 23.6 Å². The summed E-state index contributed by atoms with van der Waals surface area (Å²) in [6, 6.07) is 6.51. The Morgan fingerprint density at radius 2 is 2.12 bits per heavy atom. The zero-order valence-electron chi connectivity index (χ0n) is 15.3. The number of rotatable bonds is 5. The lowest BCUT2D eigenvalue weighted by molar-refractivity contribution is -0.0161. The molecule has 1 heterocycles. The van der Waals surface area contributed by atoms with E-state index in [-0.39, 0.29) is 30.1 Å². The Morgan fingerprint density at radius 3 is 2.79 bits per heavy atom. The number of aliphatic imine (C=N–C) groups is 1. The number of nitrogens with zero attached hydrogens (tertiary/aromatic N) is 2. The number of hydrogen-bond donors (Lipinski definition) is 2. The van der Waals surface area contributed by atoms with Gasteiger partial charge in [-0.2, -0.15) is 0 Å². The van der Waals surface area contributed by atoms with E-state index in [1.807, 2.05) is 0 Å². The minimum atomic E-state index is 0. The van der Waals surface area contributed by atoms with E-state index < -0.39 is 0 Å². The highest BCUT2D eigenvalue weighted by molar-refractivity contribution is 14.0. The molecule has 1 fully saturated rings. The van der Waals surface area contributed by atoms with Crippen molar-refractivity contribution in [3.05, 3.63) is 34.9 Å². The molecule has 1 aliphatic rings. The largest absolute Gasteiger partial charge is 0.374 e. The molecule has 1 aromatic rings. The third-order valence-corrected chi connectivity index (χ3v) is 4.09. The van der Waals surface area contributed by atoms with Crippen LogP contribution in [0.4, 0.5) is 0 Å². The average molecular weight is 446 g/mol. The van der Waals surface area contributed by atoms with Gasteiger partial charge in [-0.25, -0.2) is 4.99 Å². The summed E-state index contributed by atoms with van der Waals surface area (Å²) < 4.78 is 5.79. The van der Waals surface area contributed by atoms with E-state index in [4.69, 9.17) is 9.73 Å². The molecule has 2 rings (SSSR count). The van der Waals surface area contributed by atoms with Crippen LogP contribution in [0.2, 0.25) is 0 Å². The molecule has 1 aromatic carbocycles. The van der Waals surface area contributed by atoms with Gasteiger partial charge in [0.2, 0.25) is 0 Å². The summed E-state index contributed by atoms with van der Waals surface area (Å²) in [5.41, 5.74) is 3.85. The maximum atomic E-state index is 5.79. The van der Waals surface area contributed by atoms with Crippen LogP contribution in [-0.4, -0.2) is 56.8 Å². The van der Waals surface area contributed by atoms with Crippen LogP contribution >= 0.6 is 24.0 Å². The highest BCUT2D eigenvalue weighted by Crippen LogP contribution is 2.11. The molecule has 6 heteroatoms. The summed E-state index contributed by atoms with van der Waals surface area (Å²) >= 11 is 0. The first-order valence-electron chi connectivity index (χ1n) is 8.47. The number of hydrogen-bond acceptors (Lipinski definition) is 3. The Bertz CT molecular complexity index is 536. The minimum Gasteiger partial charge on any atom is -0.374 e. The number of morpholine rings is 1. The third-order valence-electron chi connectivity index (χ3n) is 4.09. The number of nitrogens with one attached hydrogen (secondary N) is 2. The van der Waals surface area contributed by atoms with E-state index in [0.717, 1.165) is 38.7 Å². The Balaban J connectivity index is 0.00000288. The summed E-state index contributed by atoms with van der Waals surface area (Å²) in [4.78, 5) is 7.00. The maximum Gasteiger partial charge on any atom is 0.191 e. The molecule has 1 unspecified atom stereocenters. The summed E-state index contributed by atoms with van der Waals surface area (Å²) in [6.45, 7) is 11.4. The Kier molecular flexibility index (Phi) is 9.61. The van der Waals surface area contributed by atoms with Crippen molar-refractivity contribution in [3.8, 4) is 0 Å². The summed E-state index contributed by atoms with van der Waals surface area (Å²) in [7, 11) is 2.13. The van der Waals surface area contributed by atoms with E-state index in [0.29, 0.717) is 6.54 Å². The van der Waals surface area contributed by atoms with Crippen LogP contribution in [0.5, 0.6) is 0 Å². The van der Waals surface area contributed by atoms with Gasteiger partial charge in [-0.3, -0.25) is 0 Å². The van der Waals surface area contributed by atoms with Gasteiger partial charge in [0, 0.05) is 26.2 Å². The molecule has 1 saturated heterocycles. The van der Waals surface area contributed by atoms with Gasteiger partial charge < -0.3 is 20.3 Å². The van der Waals surface area contributed by atoms with E-state index in [2.05, 4.69) is 61.6 Å². The molecule has 0 saturated carbocycles. The van der Waals surface area contributed by atoms with Gasteiger partial charge in [-0.1, -0.05) is 23.8 Å². The van der Waals surface area contributed by atoms with Crippen molar-refractivity contribution in [2.24, 2.45) is 4.99 Å². The number of halogens is 1. The van der Waals surface area contributed by atoms with Crippen molar-refractivity contribution in [1.82, 2.24) is 15.5 Å². The highest BCUT2D eigenvalue weighted by atomic mass is 127. The quantitative estimate of drug-likeness (QED) is 0.414. The molecular formula is C18H31IN4O. The molecule has 5 nitrogen and oxygen atoms in total. The predicted octanol–water partition coefficient (Wildman–Crippen LogP) is 2.31. The fraction of sp³-hybridized carbons (Fsp3) is 0.611. The van der Waals surface area contributed by atoms with Crippen LogP contribution < -0.4 is 10.6 Å². The molecule has 2 N–H and O–H groups in total. The fourth-order valence-corrected chi connectivity index (χ4v) is 2.73. The third kappa shape index (κ3) is 6.94. The molecule has 0 amide bonds. The zero-order chi connectivity index (χ0) is 16.7. The molecular weight excluding hydrogens is 415 g/mol. The lowest BCUT2D eigenvalue weighted by Gasteiger charge is -2.30. The van der Waals surface area contributed by atoms with Gasteiger partial charge in [0.15, 0.2) is 5.96 Å². The van der Waals surface area contributed by atoms with Crippen molar-refractivity contribution in [2.75, 3.05) is 39.8 Å². The first-order valence-corrected chi connectivity index (χ1v) is 8.47. The molecule has 0 aliphatic carbocycles. The average Bonchev–Trinajstić information content (AvgIpc) is 2.51. The molecule has 136 valence electrons. The van der Waals surface area contributed by atoms with Gasteiger partial charge in [-0.05, 0) is 38.9 Å². The van der Waals surface area contributed by atoms with Gasteiger partial charge >= 0.3 is 0 Å². The van der Waals surface area contributed by atoms with Crippen molar-refractivity contribution in [2.45, 2.75) is 33.4 Å². The van der Waals surface area contributed by atoms with Crippen LogP contribution in [0.25, 0.3) is 0 Å². The Labute approximate surface area is 163 Å². The second-order valence-corrected chi connectivity index (χ2v) is 6.26. The van der Waals surface area contributed by atoms with Gasteiger partial charge in [0.25, 0.3) is 0 Å². The standard InChI is InChI=1S/C18H30N4O.HI/c1-5-19-18(21-12-17-13-22(4)8-9-23-17)20-11-16-7-6-14(2)10-15(16)3;/h6-7,10,17H,5,8-9,11-13H2,1-4H3,(H2,19,20,21);1H. The predicted molar refractivity (Wildman–Crippen MR) is 111 cm³/mol. The number of aryl methyl sites for hydroxylation is 2. The molecule has 0 spiro atoms. The second kappa shape index (κ2) is 10.9. The molecule has 1 aliphatic heterocycles. The van der Waals surface area contributed by atoms with Crippen LogP contribution in [0, 0.1) is 13.8 Å². The number of benzene rings is 1. The number of guanidine groups is 1. The topological polar surface area (TPSA) is 48.9 Å². The van der Waals surface area contributed by atoms with Crippen LogP contribution in [-0.2, 0) is 11.3 Å². The van der Waals surface area contributed by atoms with Gasteiger partial charge in [0.1, 0.15) is 0 Å². The molecule has 0 radical (unpaired) electrons. The molecule has 0 aromatic heterocycles. The van der Waals surface area contributed by atoms with Crippen LogP contribution in [0.3, 0.4) is 0 Å². The zero-order valence-corrected chi connectivity index (χ0v) is 17.6. The summed E-state index contributed by atoms with van der Waals surface area (Å²) in [5.74, 6) is 0.851. The molecule has 0 bridgehead atoms. The molecule has 24 heavy (non-hydrogen) atoms. The van der Waals surface area contributed by atoms with E-state index >= 15 is 0 Å². The second-order valence-electron chi connectivity index (χ2n) is 6.26. The van der Waals surface area contributed by atoms with E-state index in [9.17, 15) is 0 Å². The summed E-state index contributed by atoms with van der Waals surface area (Å²) in [5, 5.41) is 6.70. The number of ether oxygens (including phenoxy) is 1. The first-order chi connectivity index (χ1) is 11.1. The van der Waals surface area contributed by atoms with Crippen molar-refractivity contribution in [3.63, 3.8) is 0 Å². The Hall–Kier alpha value is -0.860. The maximum absolute atomic E-state index is 5.79. The first kappa shape index (κ1) is 21.2. The lowest BCUT2D eigenvalue weighted by atomic mass is 10.1. The smallest absolute Gasteiger partial charge is 0.191 e. The lowest BCUT2D eigenvalue weighted by Crippen LogP contribution is -2.48. The van der Waals surface area contributed by atoms with Crippen molar-refractivity contribution >= 4 is 29.9 Å². The molecule has 1 atom stereocenters. The van der Waals surface area contributed by atoms with Crippen molar-refractivity contribution < 1.29 is 4.74 Å². The Morgan fingerprint density at radius 1 is 1.33 bits per heavy atom. The number of likely N-dealkylation sites (N-methyl/N-ethyl adjacent to an activating group) is 1. The van der Waals surface area contributed by atoms with E-state index in [1.165, 1.54) is 16.7 Å². The monoisotopic (exact) mass is 446 g/mol. The van der Waals surface area contributed by atoms with Gasteiger partial charge in [0.05, 0.1) is 19.3 Å². The fourth-order valence-electron chi connectivity index (χ4n) is 2.73. The van der Waals surface area contributed by atoms with E-state index in [1.54, 1.807) is 0 Å². The van der Waals surface area contributed by atoms with Gasteiger partial charge in [-0.15, -0.1) is 24.0 Å². The van der Waals surface area contributed by atoms with Crippen LogP contribution in [0.15, 0.2) is 23.2 Å². The minimum absolute atomic E-state index is 0. The normalized spacial score (nSPS) is 18.8. The van der Waals surface area contributed by atoms with Crippen molar-refractivity contribution in [1.29, 1.82) is 0 Å². The SMILES string of the molecule is CCNC(=NCc1ccc(C)cc1C)NCC1CN(C)CCO1.I. The highest BCUT2D eigenvalue weighted by Gasteiger charge is 2.17. The summed E-state index contributed by atoms with van der Waals surface area (Å²) in [6.07, 6.45) is 0.221.